The molecule has 1 heterocycles. The molecule has 1 aliphatic rings. The van der Waals surface area contributed by atoms with Crippen molar-refractivity contribution in [1.82, 2.24) is 0 Å². The first kappa shape index (κ1) is 19.8. The third-order valence-corrected chi connectivity index (χ3v) is 5.45. The smallest absolute Gasteiger partial charge is 0.328 e. The predicted octanol–water partition coefficient (Wildman–Crippen LogP) is 4.09. The average molecular weight is 406 g/mol. The minimum absolute atomic E-state index is 0.0417. The van der Waals surface area contributed by atoms with Crippen LogP contribution in [0.1, 0.15) is 12.0 Å². The van der Waals surface area contributed by atoms with Crippen LogP contribution in [-0.2, 0) is 20.9 Å². The number of carbonyl (C=O) groups excluding carboxylic acids is 1. The standard InChI is InChI=1S/C23H22N2O5/c1-29-23(26)22-13-17(30-15-16-7-3-2-4-8-16)14-24(22)20-11-12-21(25(27)28)19-10-6-5-9-18(19)20/h2-12,17,22H,13-15H2,1H3/t17-,22+/m1/s1. The number of rotatable bonds is 6. The summed E-state index contributed by atoms with van der Waals surface area (Å²) in [6.45, 7) is 0.947. The quantitative estimate of drug-likeness (QED) is 0.348. The summed E-state index contributed by atoms with van der Waals surface area (Å²) in [5, 5.41) is 12.7. The summed E-state index contributed by atoms with van der Waals surface area (Å²) in [4.78, 5) is 25.5. The van der Waals surface area contributed by atoms with Crippen LogP contribution in [0.4, 0.5) is 11.4 Å². The Morgan fingerprint density at radius 3 is 2.47 bits per heavy atom. The fourth-order valence-electron chi connectivity index (χ4n) is 4.01. The van der Waals surface area contributed by atoms with Crippen LogP contribution in [0.15, 0.2) is 66.7 Å². The van der Waals surface area contributed by atoms with Crippen molar-refractivity contribution in [3.8, 4) is 0 Å². The maximum atomic E-state index is 12.5. The van der Waals surface area contributed by atoms with E-state index in [2.05, 4.69) is 0 Å². The maximum absolute atomic E-state index is 12.5. The van der Waals surface area contributed by atoms with Crippen molar-refractivity contribution in [2.24, 2.45) is 0 Å². The summed E-state index contributed by atoms with van der Waals surface area (Å²) in [5.41, 5.74) is 1.86. The van der Waals surface area contributed by atoms with Gasteiger partial charge in [0.15, 0.2) is 0 Å². The Labute approximate surface area is 174 Å². The highest BCUT2D eigenvalue weighted by Gasteiger charge is 2.39. The first-order valence-corrected chi connectivity index (χ1v) is 9.74. The molecule has 4 rings (SSSR count). The molecule has 0 amide bonds. The fourth-order valence-corrected chi connectivity index (χ4v) is 4.01. The summed E-state index contributed by atoms with van der Waals surface area (Å²) in [7, 11) is 1.37. The molecule has 0 spiro atoms. The first-order chi connectivity index (χ1) is 14.6. The number of nitrogens with zero attached hydrogens (tertiary/aromatic N) is 2. The number of ether oxygens (including phenoxy) is 2. The Morgan fingerprint density at radius 1 is 1.07 bits per heavy atom. The van der Waals surface area contributed by atoms with Crippen LogP contribution in [0, 0.1) is 10.1 Å². The van der Waals surface area contributed by atoms with Crippen LogP contribution < -0.4 is 4.90 Å². The lowest BCUT2D eigenvalue weighted by atomic mass is 10.1. The van der Waals surface area contributed by atoms with Gasteiger partial charge in [-0.05, 0) is 17.7 Å². The first-order valence-electron chi connectivity index (χ1n) is 9.74. The number of methoxy groups -OCH3 is 1. The van der Waals surface area contributed by atoms with E-state index >= 15 is 0 Å². The number of fused-ring (bicyclic) bond motifs is 1. The number of nitro groups is 1. The maximum Gasteiger partial charge on any atom is 0.328 e. The van der Waals surface area contributed by atoms with Gasteiger partial charge in [0.05, 0.1) is 30.1 Å². The average Bonchev–Trinajstić information content (AvgIpc) is 3.21. The topological polar surface area (TPSA) is 81.9 Å². The summed E-state index contributed by atoms with van der Waals surface area (Å²) in [6.07, 6.45) is 0.327. The summed E-state index contributed by atoms with van der Waals surface area (Å²) in [6, 6.07) is 19.7. The molecule has 1 fully saturated rings. The zero-order valence-electron chi connectivity index (χ0n) is 16.6. The van der Waals surface area contributed by atoms with E-state index < -0.39 is 6.04 Å². The lowest BCUT2D eigenvalue weighted by molar-refractivity contribution is -0.383. The number of anilines is 1. The summed E-state index contributed by atoms with van der Waals surface area (Å²) in [5.74, 6) is -0.344. The second kappa shape index (κ2) is 8.51. The largest absolute Gasteiger partial charge is 0.467 e. The Hall–Kier alpha value is -3.45. The zero-order valence-corrected chi connectivity index (χ0v) is 16.6. The van der Waals surface area contributed by atoms with Gasteiger partial charge in [-0.2, -0.15) is 0 Å². The third-order valence-electron chi connectivity index (χ3n) is 5.45. The van der Waals surface area contributed by atoms with Gasteiger partial charge in [-0.3, -0.25) is 10.1 Å². The van der Waals surface area contributed by atoms with Crippen LogP contribution >= 0.6 is 0 Å². The lowest BCUT2D eigenvalue weighted by Gasteiger charge is -2.26. The molecule has 2 atom stereocenters. The van der Waals surface area contributed by atoms with E-state index in [0.717, 1.165) is 16.6 Å². The van der Waals surface area contributed by atoms with E-state index in [1.165, 1.54) is 13.2 Å². The van der Waals surface area contributed by atoms with Gasteiger partial charge in [-0.25, -0.2) is 4.79 Å². The number of non-ortho nitro benzene ring substituents is 1. The van der Waals surface area contributed by atoms with Crippen molar-refractivity contribution < 1.29 is 19.2 Å². The van der Waals surface area contributed by atoms with Gasteiger partial charge in [0, 0.05) is 30.1 Å². The Kier molecular flexibility index (Phi) is 5.63. The van der Waals surface area contributed by atoms with E-state index in [0.29, 0.717) is 25.0 Å². The third kappa shape index (κ3) is 3.84. The second-order valence-corrected chi connectivity index (χ2v) is 7.25. The molecule has 0 N–H and O–H groups in total. The normalized spacial score (nSPS) is 18.5. The molecule has 1 aliphatic heterocycles. The van der Waals surface area contributed by atoms with Crippen molar-refractivity contribution in [2.45, 2.75) is 25.2 Å². The molecule has 0 radical (unpaired) electrons. The van der Waals surface area contributed by atoms with Crippen molar-refractivity contribution in [2.75, 3.05) is 18.6 Å². The van der Waals surface area contributed by atoms with Gasteiger partial charge in [0.25, 0.3) is 5.69 Å². The van der Waals surface area contributed by atoms with Crippen LogP contribution in [0.5, 0.6) is 0 Å². The molecule has 0 bridgehead atoms. The molecule has 0 saturated carbocycles. The van der Waals surface area contributed by atoms with Gasteiger partial charge in [0.2, 0.25) is 0 Å². The minimum Gasteiger partial charge on any atom is -0.467 e. The van der Waals surface area contributed by atoms with E-state index in [9.17, 15) is 14.9 Å². The fraction of sp³-hybridized carbons (Fsp3) is 0.261. The number of esters is 1. The molecule has 154 valence electrons. The number of carbonyl (C=O) groups is 1. The molecule has 1 saturated heterocycles. The molecule has 3 aromatic rings. The van der Waals surface area contributed by atoms with Gasteiger partial charge in [-0.1, -0.05) is 48.5 Å². The van der Waals surface area contributed by atoms with Crippen molar-refractivity contribution in [1.29, 1.82) is 0 Å². The van der Waals surface area contributed by atoms with E-state index in [1.807, 2.05) is 47.4 Å². The molecule has 0 aromatic heterocycles. The molecule has 0 unspecified atom stereocenters. The molecule has 3 aromatic carbocycles. The Bertz CT molecular complexity index is 1070. The Morgan fingerprint density at radius 2 is 1.77 bits per heavy atom. The minimum atomic E-state index is -0.513. The van der Waals surface area contributed by atoms with Crippen LogP contribution in [-0.4, -0.2) is 36.7 Å². The lowest BCUT2D eigenvalue weighted by Crippen LogP contribution is -2.37. The van der Waals surface area contributed by atoms with E-state index in [4.69, 9.17) is 9.47 Å². The van der Waals surface area contributed by atoms with Gasteiger partial charge in [-0.15, -0.1) is 0 Å². The van der Waals surface area contributed by atoms with Crippen molar-refractivity contribution in [3.63, 3.8) is 0 Å². The number of nitro benzene ring substituents is 1. The van der Waals surface area contributed by atoms with Gasteiger partial charge >= 0.3 is 5.97 Å². The number of benzene rings is 3. The number of hydrogen-bond acceptors (Lipinski definition) is 6. The predicted molar refractivity (Wildman–Crippen MR) is 113 cm³/mol. The molecule has 30 heavy (non-hydrogen) atoms. The van der Waals surface area contributed by atoms with Gasteiger partial charge in [0.1, 0.15) is 6.04 Å². The van der Waals surface area contributed by atoms with E-state index in [1.54, 1.807) is 18.2 Å². The van der Waals surface area contributed by atoms with Crippen molar-refractivity contribution >= 4 is 28.1 Å². The number of hydrogen-bond donors (Lipinski definition) is 0. The molecule has 7 nitrogen and oxygen atoms in total. The van der Waals surface area contributed by atoms with Crippen LogP contribution in [0.25, 0.3) is 10.8 Å². The van der Waals surface area contributed by atoms with E-state index in [-0.39, 0.29) is 22.7 Å². The zero-order chi connectivity index (χ0) is 21.1. The summed E-state index contributed by atoms with van der Waals surface area (Å²) < 4.78 is 11.1. The highest BCUT2D eigenvalue weighted by atomic mass is 16.6. The SMILES string of the molecule is COC(=O)[C@@H]1C[C@@H](OCc2ccccc2)CN1c1ccc([N+](=O)[O-])c2ccccc12. The van der Waals surface area contributed by atoms with Crippen molar-refractivity contribution in [3.05, 3.63) is 82.4 Å². The molecular formula is C23H22N2O5. The molecule has 7 heteroatoms. The van der Waals surface area contributed by atoms with Crippen LogP contribution in [0.2, 0.25) is 0 Å². The molecular weight excluding hydrogens is 384 g/mol. The van der Waals surface area contributed by atoms with Crippen LogP contribution in [0.3, 0.4) is 0 Å². The Balaban J connectivity index is 1.65. The molecule has 0 aliphatic carbocycles. The highest BCUT2D eigenvalue weighted by Crippen LogP contribution is 2.37. The van der Waals surface area contributed by atoms with Gasteiger partial charge < -0.3 is 14.4 Å². The summed E-state index contributed by atoms with van der Waals surface area (Å²) >= 11 is 0. The monoisotopic (exact) mass is 406 g/mol. The second-order valence-electron chi connectivity index (χ2n) is 7.25. The highest BCUT2D eigenvalue weighted by molar-refractivity contribution is 6.01.